The summed E-state index contributed by atoms with van der Waals surface area (Å²) in [5.41, 5.74) is 3.36. The van der Waals surface area contributed by atoms with Gasteiger partial charge in [0.15, 0.2) is 0 Å². The molecule has 0 aliphatic rings. The lowest BCUT2D eigenvalue weighted by Crippen LogP contribution is -2.34. The molecule has 0 fully saturated rings. The summed E-state index contributed by atoms with van der Waals surface area (Å²) in [5, 5.41) is 5.56. The number of hydrogen-bond donors (Lipinski definition) is 2. The molecule has 7 heteroatoms. The number of rotatable bonds is 7. The van der Waals surface area contributed by atoms with E-state index in [0.29, 0.717) is 23.6 Å². The van der Waals surface area contributed by atoms with Gasteiger partial charge in [-0.25, -0.2) is 0 Å². The zero-order valence-corrected chi connectivity index (χ0v) is 20.0. The zero-order valence-electron chi connectivity index (χ0n) is 18.4. The largest absolute Gasteiger partial charge is 0.457 e. The van der Waals surface area contributed by atoms with Gasteiger partial charge in [0.1, 0.15) is 17.2 Å². The highest BCUT2D eigenvalue weighted by atomic mass is 79.9. The van der Waals surface area contributed by atoms with Crippen molar-refractivity contribution < 1.29 is 14.0 Å². The maximum Gasteiger partial charge on any atom is 0.268 e. The van der Waals surface area contributed by atoms with E-state index in [9.17, 15) is 9.59 Å². The van der Waals surface area contributed by atoms with Gasteiger partial charge >= 0.3 is 0 Å². The number of aromatic nitrogens is 1. The molecule has 0 spiro atoms. The van der Waals surface area contributed by atoms with Crippen LogP contribution < -0.4 is 10.6 Å². The quantitative estimate of drug-likeness (QED) is 0.318. The molecule has 4 rings (SSSR count). The summed E-state index contributed by atoms with van der Waals surface area (Å²) < 4.78 is 6.89. The molecule has 0 aliphatic carbocycles. The van der Waals surface area contributed by atoms with Crippen LogP contribution in [0, 0.1) is 6.92 Å². The second-order valence-corrected chi connectivity index (χ2v) is 8.54. The van der Waals surface area contributed by atoms with Crippen molar-refractivity contribution in [2.24, 2.45) is 0 Å². The van der Waals surface area contributed by atoms with Crippen LogP contribution in [0.5, 0.6) is 0 Å². The summed E-state index contributed by atoms with van der Waals surface area (Å²) in [5.74, 6) is 0.278. The number of amides is 2. The molecule has 4 aromatic rings. The molecule has 0 unspecified atom stereocenters. The number of benzene rings is 2. The number of carbonyl (C=O) groups excluding carboxylic acids is 2. The molecule has 0 aliphatic heterocycles. The van der Waals surface area contributed by atoms with Gasteiger partial charge in [0.05, 0.1) is 0 Å². The summed E-state index contributed by atoms with van der Waals surface area (Å²) in [6, 6.07) is 22.0. The molecule has 2 heterocycles. The number of furan rings is 1. The molecule has 0 bridgehead atoms. The van der Waals surface area contributed by atoms with Gasteiger partial charge in [0.25, 0.3) is 11.8 Å². The lowest BCUT2D eigenvalue weighted by atomic mass is 10.1. The molecule has 2 aromatic heterocycles. The second kappa shape index (κ2) is 10.8. The molecule has 2 N–H and O–H groups in total. The van der Waals surface area contributed by atoms with Gasteiger partial charge in [-0.05, 0) is 61.0 Å². The van der Waals surface area contributed by atoms with Crippen LogP contribution in [0.15, 0.2) is 99.8 Å². The highest BCUT2D eigenvalue weighted by Crippen LogP contribution is 2.25. The lowest BCUT2D eigenvalue weighted by molar-refractivity contribution is -0.117. The van der Waals surface area contributed by atoms with E-state index in [2.05, 4.69) is 31.5 Å². The van der Waals surface area contributed by atoms with Crippen LogP contribution in [0.2, 0.25) is 0 Å². The molecular weight excluding hydrogens is 494 g/mol. The van der Waals surface area contributed by atoms with Crippen LogP contribution in [0.4, 0.5) is 0 Å². The van der Waals surface area contributed by atoms with Gasteiger partial charge in [-0.15, -0.1) is 0 Å². The molecule has 0 radical (unpaired) electrons. The van der Waals surface area contributed by atoms with Crippen molar-refractivity contribution in [1.29, 1.82) is 0 Å². The van der Waals surface area contributed by atoms with Crippen LogP contribution in [0.3, 0.4) is 0 Å². The van der Waals surface area contributed by atoms with Crippen molar-refractivity contribution in [3.8, 4) is 11.3 Å². The topological polar surface area (TPSA) is 84.2 Å². The maximum absolute atomic E-state index is 13.0. The Kier molecular flexibility index (Phi) is 7.34. The normalized spacial score (nSPS) is 11.2. The fourth-order valence-corrected chi connectivity index (χ4v) is 3.44. The Morgan fingerprint density at radius 3 is 2.35 bits per heavy atom. The highest BCUT2D eigenvalue weighted by Gasteiger charge is 2.16. The van der Waals surface area contributed by atoms with Gasteiger partial charge in [0.2, 0.25) is 0 Å². The number of nitrogens with zero attached hydrogens (tertiary/aromatic N) is 1. The van der Waals surface area contributed by atoms with Crippen molar-refractivity contribution in [1.82, 2.24) is 15.6 Å². The Morgan fingerprint density at radius 1 is 0.941 bits per heavy atom. The monoisotopic (exact) mass is 515 g/mol. The van der Waals surface area contributed by atoms with Gasteiger partial charge in [-0.3, -0.25) is 14.6 Å². The van der Waals surface area contributed by atoms with E-state index in [4.69, 9.17) is 4.42 Å². The third kappa shape index (κ3) is 6.08. The van der Waals surface area contributed by atoms with E-state index in [1.807, 2.05) is 61.5 Å². The molecular formula is C27H22BrN3O3. The number of carbonyl (C=O) groups is 2. The lowest BCUT2D eigenvalue weighted by Gasteiger charge is -2.11. The first-order chi connectivity index (χ1) is 16.5. The van der Waals surface area contributed by atoms with Crippen LogP contribution in [0.25, 0.3) is 17.4 Å². The molecule has 6 nitrogen and oxygen atoms in total. The average Bonchev–Trinajstić information content (AvgIpc) is 3.32. The van der Waals surface area contributed by atoms with E-state index in [1.165, 1.54) is 6.08 Å². The standard InChI is InChI=1S/C27H22BrN3O3/c1-18-2-4-21(5-3-18)26(32)31-24(27(33)30-17-19-12-14-29-15-13-19)16-23-10-11-25(34-23)20-6-8-22(28)9-7-20/h2-16H,17H2,1H3,(H,30,33)(H,31,32). The summed E-state index contributed by atoms with van der Waals surface area (Å²) in [7, 11) is 0. The number of aryl methyl sites for hydroxylation is 1. The minimum atomic E-state index is -0.432. The van der Waals surface area contributed by atoms with E-state index in [0.717, 1.165) is 21.2 Å². The summed E-state index contributed by atoms with van der Waals surface area (Å²) in [4.78, 5) is 29.8. The number of halogens is 1. The van der Waals surface area contributed by atoms with Crippen LogP contribution >= 0.6 is 15.9 Å². The molecule has 2 aromatic carbocycles. The molecule has 34 heavy (non-hydrogen) atoms. The SMILES string of the molecule is Cc1ccc(C(=O)NC(=Cc2ccc(-c3ccc(Br)cc3)o2)C(=O)NCc2ccncc2)cc1. The van der Waals surface area contributed by atoms with Crippen molar-refractivity contribution in [3.63, 3.8) is 0 Å². The summed E-state index contributed by atoms with van der Waals surface area (Å²) >= 11 is 3.42. The van der Waals surface area contributed by atoms with Crippen molar-refractivity contribution in [2.75, 3.05) is 0 Å². The highest BCUT2D eigenvalue weighted by molar-refractivity contribution is 9.10. The Bertz CT molecular complexity index is 1310. The van der Waals surface area contributed by atoms with Crippen molar-refractivity contribution in [2.45, 2.75) is 13.5 Å². The Hall–Kier alpha value is -3.97. The molecule has 0 atom stereocenters. The maximum atomic E-state index is 13.0. The number of nitrogens with one attached hydrogen (secondary N) is 2. The number of hydrogen-bond acceptors (Lipinski definition) is 4. The van der Waals surface area contributed by atoms with Crippen LogP contribution in [0.1, 0.15) is 27.2 Å². The van der Waals surface area contributed by atoms with E-state index < -0.39 is 5.91 Å². The van der Waals surface area contributed by atoms with Gasteiger partial charge in [-0.1, -0.05) is 45.8 Å². The first kappa shape index (κ1) is 23.2. The molecule has 0 saturated carbocycles. The minimum absolute atomic E-state index is 0.0799. The van der Waals surface area contributed by atoms with Crippen LogP contribution in [-0.2, 0) is 11.3 Å². The molecule has 170 valence electrons. The van der Waals surface area contributed by atoms with Gasteiger partial charge < -0.3 is 15.1 Å². The fourth-order valence-electron chi connectivity index (χ4n) is 3.18. The smallest absolute Gasteiger partial charge is 0.268 e. The molecule has 0 saturated heterocycles. The summed E-state index contributed by atoms with van der Waals surface area (Å²) in [6.07, 6.45) is 4.84. The van der Waals surface area contributed by atoms with E-state index in [1.54, 1.807) is 30.6 Å². The number of pyridine rings is 1. The Labute approximate surface area is 205 Å². The van der Waals surface area contributed by atoms with Gasteiger partial charge in [-0.2, -0.15) is 0 Å². The van der Waals surface area contributed by atoms with E-state index >= 15 is 0 Å². The fraction of sp³-hybridized carbons (Fsp3) is 0.0741. The minimum Gasteiger partial charge on any atom is -0.457 e. The zero-order chi connectivity index (χ0) is 23.9. The van der Waals surface area contributed by atoms with E-state index in [-0.39, 0.29) is 11.6 Å². The third-order valence-corrected chi connectivity index (χ3v) is 5.58. The van der Waals surface area contributed by atoms with Crippen molar-refractivity contribution >= 4 is 33.8 Å². The predicted molar refractivity (Wildman–Crippen MR) is 135 cm³/mol. The van der Waals surface area contributed by atoms with Crippen LogP contribution in [-0.4, -0.2) is 16.8 Å². The second-order valence-electron chi connectivity index (χ2n) is 7.63. The Morgan fingerprint density at radius 2 is 1.65 bits per heavy atom. The predicted octanol–water partition coefficient (Wildman–Crippen LogP) is 5.50. The third-order valence-electron chi connectivity index (χ3n) is 5.05. The average molecular weight is 516 g/mol. The first-order valence-electron chi connectivity index (χ1n) is 10.6. The molecule has 2 amide bonds. The van der Waals surface area contributed by atoms with Gasteiger partial charge in [0, 0.05) is 40.6 Å². The summed E-state index contributed by atoms with van der Waals surface area (Å²) in [6.45, 7) is 2.24. The Balaban J connectivity index is 1.57. The first-order valence-corrected chi connectivity index (χ1v) is 11.4. The van der Waals surface area contributed by atoms with Crippen molar-refractivity contribution in [3.05, 3.63) is 118 Å².